The first-order chi connectivity index (χ1) is 9.78. The summed E-state index contributed by atoms with van der Waals surface area (Å²) in [6.07, 6.45) is 3.60. The van der Waals surface area contributed by atoms with E-state index in [0.29, 0.717) is 0 Å². The van der Waals surface area contributed by atoms with Gasteiger partial charge in [0.25, 0.3) is 0 Å². The van der Waals surface area contributed by atoms with Crippen molar-refractivity contribution in [3.63, 3.8) is 0 Å². The number of nitrogens with zero attached hydrogens (tertiary/aromatic N) is 2. The minimum atomic E-state index is 0.824. The molecule has 3 rings (SSSR count). The molecule has 1 aromatic heterocycles. The van der Waals surface area contributed by atoms with Gasteiger partial charge in [-0.05, 0) is 43.6 Å². The molecule has 1 aliphatic heterocycles. The molecular formula is C17H25N3. The van der Waals surface area contributed by atoms with Crippen LogP contribution in [0.25, 0.3) is 10.9 Å². The number of benzene rings is 1. The molecule has 1 aromatic carbocycles. The summed E-state index contributed by atoms with van der Waals surface area (Å²) in [5.74, 6) is 0.824. The Hall–Kier alpha value is -1.32. The van der Waals surface area contributed by atoms with Gasteiger partial charge in [-0.3, -0.25) is 0 Å². The molecule has 1 N–H and O–H groups in total. The quantitative estimate of drug-likeness (QED) is 0.902. The number of hydrogen-bond donors (Lipinski definition) is 1. The summed E-state index contributed by atoms with van der Waals surface area (Å²) in [7, 11) is 2.13. The Morgan fingerprint density at radius 1 is 1.30 bits per heavy atom. The Labute approximate surface area is 121 Å². The Balaban J connectivity index is 1.58. The molecule has 0 aliphatic carbocycles. The second-order valence-corrected chi connectivity index (χ2v) is 5.96. The maximum absolute atomic E-state index is 3.65. The van der Waals surface area contributed by atoms with E-state index in [1.807, 2.05) is 0 Å². The lowest BCUT2D eigenvalue weighted by atomic mass is 10.1. The first-order valence-electron chi connectivity index (χ1n) is 7.74. The molecule has 1 aliphatic rings. The van der Waals surface area contributed by atoms with Crippen LogP contribution in [0.15, 0.2) is 30.5 Å². The third-order valence-electron chi connectivity index (χ3n) is 4.55. The van der Waals surface area contributed by atoms with Crippen molar-refractivity contribution in [1.29, 1.82) is 0 Å². The Morgan fingerprint density at radius 2 is 2.15 bits per heavy atom. The Morgan fingerprint density at radius 3 is 2.95 bits per heavy atom. The minimum absolute atomic E-state index is 0.824. The molecule has 1 fully saturated rings. The van der Waals surface area contributed by atoms with Crippen molar-refractivity contribution in [3.8, 4) is 0 Å². The van der Waals surface area contributed by atoms with Crippen LogP contribution < -0.4 is 5.32 Å². The van der Waals surface area contributed by atoms with Crippen LogP contribution in [0.2, 0.25) is 0 Å². The van der Waals surface area contributed by atoms with E-state index in [9.17, 15) is 0 Å². The van der Waals surface area contributed by atoms with E-state index >= 15 is 0 Å². The van der Waals surface area contributed by atoms with Crippen LogP contribution in [0.1, 0.15) is 18.9 Å². The van der Waals surface area contributed by atoms with Gasteiger partial charge in [-0.25, -0.2) is 0 Å². The monoisotopic (exact) mass is 271 g/mol. The summed E-state index contributed by atoms with van der Waals surface area (Å²) in [6, 6.07) is 8.65. The van der Waals surface area contributed by atoms with Crippen molar-refractivity contribution in [2.45, 2.75) is 19.9 Å². The summed E-state index contributed by atoms with van der Waals surface area (Å²) in [6.45, 7) is 8.10. The van der Waals surface area contributed by atoms with E-state index < -0.39 is 0 Å². The van der Waals surface area contributed by atoms with Gasteiger partial charge < -0.3 is 14.8 Å². The molecule has 0 saturated carbocycles. The average molecular weight is 271 g/mol. The van der Waals surface area contributed by atoms with Gasteiger partial charge in [0.05, 0.1) is 0 Å². The normalized spacial score (nSPS) is 20.0. The van der Waals surface area contributed by atoms with Crippen LogP contribution in [0.4, 0.5) is 0 Å². The summed E-state index contributed by atoms with van der Waals surface area (Å²) >= 11 is 0. The van der Waals surface area contributed by atoms with E-state index in [-0.39, 0.29) is 0 Å². The fraction of sp³-hybridized carbons (Fsp3) is 0.529. The Bertz CT molecular complexity index is 573. The number of para-hydroxylation sites is 1. The summed E-state index contributed by atoms with van der Waals surface area (Å²) in [5, 5.41) is 5.03. The molecular weight excluding hydrogens is 246 g/mol. The number of nitrogens with one attached hydrogen (secondary N) is 1. The first kappa shape index (κ1) is 13.7. The lowest BCUT2D eigenvalue weighted by Gasteiger charge is -2.13. The van der Waals surface area contributed by atoms with E-state index in [1.54, 1.807) is 0 Å². The second kappa shape index (κ2) is 5.98. The van der Waals surface area contributed by atoms with Crippen LogP contribution in [0.5, 0.6) is 0 Å². The largest absolute Gasteiger partial charge is 0.350 e. The molecule has 3 heteroatoms. The number of aromatic nitrogens is 1. The second-order valence-electron chi connectivity index (χ2n) is 5.96. The van der Waals surface area contributed by atoms with Crippen LogP contribution in [-0.2, 0) is 13.6 Å². The summed E-state index contributed by atoms with van der Waals surface area (Å²) < 4.78 is 2.22. The third-order valence-corrected chi connectivity index (χ3v) is 4.55. The fourth-order valence-electron chi connectivity index (χ4n) is 3.34. The number of fused-ring (bicyclic) bond motifs is 1. The lowest BCUT2D eigenvalue weighted by Crippen LogP contribution is -2.26. The van der Waals surface area contributed by atoms with E-state index in [4.69, 9.17) is 0 Å². The lowest BCUT2D eigenvalue weighted by molar-refractivity contribution is 0.339. The smallest absolute Gasteiger partial charge is 0.0481 e. The molecule has 0 bridgehead atoms. The minimum Gasteiger partial charge on any atom is -0.350 e. The predicted octanol–water partition coefficient (Wildman–Crippen LogP) is 2.61. The van der Waals surface area contributed by atoms with E-state index in [0.717, 1.165) is 19.0 Å². The molecule has 2 aromatic rings. The zero-order valence-corrected chi connectivity index (χ0v) is 12.6. The molecule has 20 heavy (non-hydrogen) atoms. The van der Waals surface area contributed by atoms with Crippen molar-refractivity contribution < 1.29 is 0 Å². The fourth-order valence-corrected chi connectivity index (χ4v) is 3.34. The SMILES string of the molecule is CCN1CCC(CNCc2cn(C)c3ccccc23)C1. The predicted molar refractivity (Wildman–Crippen MR) is 84.8 cm³/mol. The molecule has 1 atom stereocenters. The first-order valence-corrected chi connectivity index (χ1v) is 7.74. The average Bonchev–Trinajstić information content (AvgIpc) is 3.05. The third kappa shape index (κ3) is 2.74. The maximum atomic E-state index is 3.65. The zero-order chi connectivity index (χ0) is 13.9. The number of likely N-dealkylation sites (tertiary alicyclic amines) is 1. The highest BCUT2D eigenvalue weighted by atomic mass is 15.1. The van der Waals surface area contributed by atoms with Gasteiger partial charge >= 0.3 is 0 Å². The van der Waals surface area contributed by atoms with Crippen molar-refractivity contribution in [3.05, 3.63) is 36.0 Å². The summed E-state index contributed by atoms with van der Waals surface area (Å²) in [4.78, 5) is 2.55. The van der Waals surface area contributed by atoms with Gasteiger partial charge in [0, 0.05) is 37.2 Å². The maximum Gasteiger partial charge on any atom is 0.0481 e. The highest BCUT2D eigenvalue weighted by Gasteiger charge is 2.20. The molecule has 108 valence electrons. The highest BCUT2D eigenvalue weighted by Crippen LogP contribution is 2.20. The molecule has 2 heterocycles. The number of aryl methyl sites for hydroxylation is 1. The molecule has 0 radical (unpaired) electrons. The van der Waals surface area contributed by atoms with E-state index in [1.165, 1.54) is 42.5 Å². The van der Waals surface area contributed by atoms with Crippen molar-refractivity contribution in [2.24, 2.45) is 13.0 Å². The van der Waals surface area contributed by atoms with Crippen LogP contribution in [-0.4, -0.2) is 35.6 Å². The van der Waals surface area contributed by atoms with E-state index in [2.05, 4.69) is 59.2 Å². The molecule has 0 amide bonds. The molecule has 1 saturated heterocycles. The van der Waals surface area contributed by atoms with Crippen LogP contribution in [0.3, 0.4) is 0 Å². The van der Waals surface area contributed by atoms with Gasteiger partial charge in [0.15, 0.2) is 0 Å². The van der Waals surface area contributed by atoms with Gasteiger partial charge in [0.1, 0.15) is 0 Å². The number of hydrogen-bond acceptors (Lipinski definition) is 2. The molecule has 1 unspecified atom stereocenters. The molecule has 3 nitrogen and oxygen atoms in total. The summed E-state index contributed by atoms with van der Waals surface area (Å²) in [5.41, 5.74) is 2.73. The van der Waals surface area contributed by atoms with Gasteiger partial charge in [-0.15, -0.1) is 0 Å². The van der Waals surface area contributed by atoms with Crippen molar-refractivity contribution >= 4 is 10.9 Å². The van der Waals surface area contributed by atoms with Gasteiger partial charge in [0.2, 0.25) is 0 Å². The zero-order valence-electron chi connectivity index (χ0n) is 12.6. The Kier molecular flexibility index (Phi) is 4.08. The number of rotatable bonds is 5. The van der Waals surface area contributed by atoms with Gasteiger partial charge in [-0.2, -0.15) is 0 Å². The van der Waals surface area contributed by atoms with Crippen molar-refractivity contribution in [1.82, 2.24) is 14.8 Å². The van der Waals surface area contributed by atoms with Gasteiger partial charge in [-0.1, -0.05) is 25.1 Å². The van der Waals surface area contributed by atoms with Crippen LogP contribution >= 0.6 is 0 Å². The highest BCUT2D eigenvalue weighted by molar-refractivity contribution is 5.83. The standard InChI is InChI=1S/C17H25N3/c1-3-20-9-8-14(12-20)10-18-11-15-13-19(2)17-7-5-4-6-16(15)17/h4-7,13-14,18H,3,8-12H2,1-2H3. The van der Waals surface area contributed by atoms with Crippen LogP contribution in [0, 0.1) is 5.92 Å². The van der Waals surface area contributed by atoms with Crippen molar-refractivity contribution in [2.75, 3.05) is 26.2 Å². The topological polar surface area (TPSA) is 20.2 Å². The molecule has 0 spiro atoms.